The van der Waals surface area contributed by atoms with Crippen LogP contribution in [0.2, 0.25) is 0 Å². The Balaban J connectivity index is 1.77. The summed E-state index contributed by atoms with van der Waals surface area (Å²) in [4.78, 5) is 2.39. The molecule has 0 aromatic heterocycles. The maximum absolute atomic E-state index is 5.60. The second-order valence-corrected chi connectivity index (χ2v) is 5.48. The van der Waals surface area contributed by atoms with Gasteiger partial charge < -0.3 is 15.0 Å². The molecule has 0 saturated carbocycles. The quantitative estimate of drug-likeness (QED) is 0.817. The Hall–Kier alpha value is -1.06. The minimum Gasteiger partial charge on any atom is -0.494 e. The van der Waals surface area contributed by atoms with Crippen LogP contribution in [0.25, 0.3) is 0 Å². The third-order valence-corrected chi connectivity index (χ3v) is 3.54. The number of likely N-dealkylation sites (N-methyl/N-ethyl adjacent to an activating group) is 1. The number of ether oxygens (including phenoxy) is 1. The summed E-state index contributed by atoms with van der Waals surface area (Å²) in [5.74, 6) is 0.978. The van der Waals surface area contributed by atoms with Crippen molar-refractivity contribution in [3.8, 4) is 5.75 Å². The van der Waals surface area contributed by atoms with E-state index in [1.807, 2.05) is 0 Å². The zero-order valence-electron chi connectivity index (χ0n) is 12.2. The van der Waals surface area contributed by atoms with Crippen molar-refractivity contribution in [2.24, 2.45) is 0 Å². The van der Waals surface area contributed by atoms with E-state index in [0.717, 1.165) is 31.9 Å². The van der Waals surface area contributed by atoms with Crippen LogP contribution in [-0.4, -0.2) is 37.7 Å². The van der Waals surface area contributed by atoms with Gasteiger partial charge in [-0.2, -0.15) is 0 Å². The van der Waals surface area contributed by atoms with E-state index in [1.54, 1.807) is 0 Å². The first-order valence-corrected chi connectivity index (χ1v) is 7.41. The standard InChI is InChI=1S/C16H26N2O/c1-3-11-19-16-8-6-14(7-9-16)12-18(2)13-15-5-4-10-17-15/h6-9,15,17H,3-5,10-13H2,1-2H3. The molecular formula is C16H26N2O. The lowest BCUT2D eigenvalue weighted by Gasteiger charge is -2.21. The van der Waals surface area contributed by atoms with Crippen LogP contribution in [0, 0.1) is 0 Å². The SMILES string of the molecule is CCCOc1ccc(CN(C)CC2CCCN2)cc1. The first-order valence-electron chi connectivity index (χ1n) is 7.41. The third-order valence-electron chi connectivity index (χ3n) is 3.54. The van der Waals surface area contributed by atoms with Crippen molar-refractivity contribution in [3.05, 3.63) is 29.8 Å². The Kier molecular flexibility index (Phi) is 5.67. The molecule has 1 fully saturated rings. The minimum absolute atomic E-state index is 0.678. The zero-order chi connectivity index (χ0) is 13.5. The smallest absolute Gasteiger partial charge is 0.119 e. The lowest BCUT2D eigenvalue weighted by molar-refractivity contribution is 0.292. The molecular weight excluding hydrogens is 236 g/mol. The molecule has 3 heteroatoms. The Morgan fingerprint density at radius 2 is 2.11 bits per heavy atom. The van der Waals surface area contributed by atoms with E-state index < -0.39 is 0 Å². The van der Waals surface area contributed by atoms with Gasteiger partial charge in [0.1, 0.15) is 5.75 Å². The van der Waals surface area contributed by atoms with Crippen LogP contribution in [-0.2, 0) is 6.54 Å². The van der Waals surface area contributed by atoms with Gasteiger partial charge in [-0.3, -0.25) is 0 Å². The van der Waals surface area contributed by atoms with Crippen LogP contribution >= 0.6 is 0 Å². The monoisotopic (exact) mass is 262 g/mol. The van der Waals surface area contributed by atoms with Crippen molar-refractivity contribution in [2.75, 3.05) is 26.7 Å². The molecule has 19 heavy (non-hydrogen) atoms. The van der Waals surface area contributed by atoms with Gasteiger partial charge in [0.2, 0.25) is 0 Å². The Morgan fingerprint density at radius 1 is 1.32 bits per heavy atom. The lowest BCUT2D eigenvalue weighted by Crippen LogP contribution is -2.34. The zero-order valence-corrected chi connectivity index (χ0v) is 12.2. The Bertz CT molecular complexity index is 358. The number of benzene rings is 1. The van der Waals surface area contributed by atoms with Gasteiger partial charge >= 0.3 is 0 Å². The summed E-state index contributed by atoms with van der Waals surface area (Å²) < 4.78 is 5.60. The molecule has 0 radical (unpaired) electrons. The molecule has 106 valence electrons. The Morgan fingerprint density at radius 3 is 2.74 bits per heavy atom. The van der Waals surface area contributed by atoms with Crippen molar-refractivity contribution in [2.45, 2.75) is 38.8 Å². The summed E-state index contributed by atoms with van der Waals surface area (Å²) >= 11 is 0. The highest BCUT2D eigenvalue weighted by atomic mass is 16.5. The van der Waals surface area contributed by atoms with Crippen molar-refractivity contribution < 1.29 is 4.74 Å². The normalized spacial score (nSPS) is 19.0. The van der Waals surface area contributed by atoms with Crippen LogP contribution in [0.15, 0.2) is 24.3 Å². The number of nitrogens with zero attached hydrogens (tertiary/aromatic N) is 1. The van der Waals surface area contributed by atoms with Crippen LogP contribution < -0.4 is 10.1 Å². The highest BCUT2D eigenvalue weighted by Gasteiger charge is 2.15. The van der Waals surface area contributed by atoms with Crippen LogP contribution in [0.4, 0.5) is 0 Å². The van der Waals surface area contributed by atoms with Gasteiger partial charge in [0, 0.05) is 19.1 Å². The number of hydrogen-bond donors (Lipinski definition) is 1. The molecule has 1 aromatic carbocycles. The number of hydrogen-bond acceptors (Lipinski definition) is 3. The van der Waals surface area contributed by atoms with E-state index in [-0.39, 0.29) is 0 Å². The van der Waals surface area contributed by atoms with Gasteiger partial charge in [0.25, 0.3) is 0 Å². The summed E-state index contributed by atoms with van der Waals surface area (Å²) in [6.07, 6.45) is 3.69. The average Bonchev–Trinajstić information content (AvgIpc) is 2.90. The fourth-order valence-electron chi connectivity index (χ4n) is 2.58. The summed E-state index contributed by atoms with van der Waals surface area (Å²) in [5.41, 5.74) is 1.35. The molecule has 1 aliphatic rings. The number of nitrogens with one attached hydrogen (secondary N) is 1. The molecule has 3 nitrogen and oxygen atoms in total. The molecule has 1 N–H and O–H groups in total. The molecule has 1 atom stereocenters. The fourth-order valence-corrected chi connectivity index (χ4v) is 2.58. The van der Waals surface area contributed by atoms with Gasteiger partial charge in [0.05, 0.1) is 6.61 Å². The second-order valence-electron chi connectivity index (χ2n) is 5.48. The molecule has 0 spiro atoms. The average molecular weight is 262 g/mol. The highest BCUT2D eigenvalue weighted by Crippen LogP contribution is 2.14. The maximum Gasteiger partial charge on any atom is 0.119 e. The van der Waals surface area contributed by atoms with Crippen molar-refractivity contribution in [3.63, 3.8) is 0 Å². The van der Waals surface area contributed by atoms with Crippen molar-refractivity contribution in [1.29, 1.82) is 0 Å². The predicted octanol–water partition coefficient (Wildman–Crippen LogP) is 2.66. The minimum atomic E-state index is 0.678. The summed E-state index contributed by atoms with van der Waals surface area (Å²) in [6.45, 7) is 6.25. The van der Waals surface area contributed by atoms with E-state index in [2.05, 4.69) is 48.5 Å². The predicted molar refractivity (Wildman–Crippen MR) is 79.6 cm³/mol. The van der Waals surface area contributed by atoms with Gasteiger partial charge in [-0.05, 0) is 50.6 Å². The van der Waals surface area contributed by atoms with Crippen LogP contribution in [0.3, 0.4) is 0 Å². The summed E-state index contributed by atoms with van der Waals surface area (Å²) in [5, 5.41) is 3.54. The number of rotatable bonds is 7. The molecule has 2 rings (SSSR count). The van der Waals surface area contributed by atoms with Gasteiger partial charge in [-0.1, -0.05) is 19.1 Å². The second kappa shape index (κ2) is 7.51. The van der Waals surface area contributed by atoms with Gasteiger partial charge in [-0.25, -0.2) is 0 Å². The van der Waals surface area contributed by atoms with E-state index >= 15 is 0 Å². The molecule has 1 saturated heterocycles. The van der Waals surface area contributed by atoms with Crippen molar-refractivity contribution in [1.82, 2.24) is 10.2 Å². The molecule has 0 aliphatic carbocycles. The molecule has 1 aromatic rings. The highest BCUT2D eigenvalue weighted by molar-refractivity contribution is 5.27. The third kappa shape index (κ3) is 4.84. The van der Waals surface area contributed by atoms with E-state index in [0.29, 0.717) is 6.04 Å². The van der Waals surface area contributed by atoms with Gasteiger partial charge in [0.15, 0.2) is 0 Å². The van der Waals surface area contributed by atoms with E-state index in [4.69, 9.17) is 4.74 Å². The van der Waals surface area contributed by atoms with Crippen molar-refractivity contribution >= 4 is 0 Å². The van der Waals surface area contributed by atoms with Crippen LogP contribution in [0.5, 0.6) is 5.75 Å². The maximum atomic E-state index is 5.60. The Labute approximate surface area is 116 Å². The summed E-state index contributed by atoms with van der Waals surface area (Å²) in [6, 6.07) is 9.17. The fraction of sp³-hybridized carbons (Fsp3) is 0.625. The summed E-state index contributed by atoms with van der Waals surface area (Å²) in [7, 11) is 2.20. The van der Waals surface area contributed by atoms with Gasteiger partial charge in [-0.15, -0.1) is 0 Å². The first-order chi connectivity index (χ1) is 9.28. The molecule has 0 bridgehead atoms. The largest absolute Gasteiger partial charge is 0.494 e. The molecule has 0 amide bonds. The topological polar surface area (TPSA) is 24.5 Å². The lowest BCUT2D eigenvalue weighted by atomic mass is 10.2. The van der Waals surface area contributed by atoms with Crippen LogP contribution in [0.1, 0.15) is 31.7 Å². The molecule has 1 heterocycles. The first kappa shape index (κ1) is 14.4. The molecule has 1 aliphatic heterocycles. The van der Waals surface area contributed by atoms with E-state index in [1.165, 1.54) is 24.9 Å². The van der Waals surface area contributed by atoms with E-state index in [9.17, 15) is 0 Å². The molecule has 1 unspecified atom stereocenters.